The zero-order valence-electron chi connectivity index (χ0n) is 11.1. The molecule has 0 bridgehead atoms. The fourth-order valence-corrected chi connectivity index (χ4v) is 3.16. The van der Waals surface area contributed by atoms with Crippen LogP contribution in [-0.2, 0) is 4.74 Å². The summed E-state index contributed by atoms with van der Waals surface area (Å²) in [5, 5.41) is 19.1. The van der Waals surface area contributed by atoms with Gasteiger partial charge in [0.25, 0.3) is 5.56 Å². The maximum Gasteiger partial charge on any atom is 0.330 e. The van der Waals surface area contributed by atoms with Gasteiger partial charge >= 0.3 is 5.69 Å². The largest absolute Gasteiger partial charge is 0.394 e. The second kappa shape index (κ2) is 5.96. The number of rotatable bonds is 3. The van der Waals surface area contributed by atoms with Crippen LogP contribution in [0, 0.1) is 0 Å². The molecule has 0 aliphatic carbocycles. The van der Waals surface area contributed by atoms with E-state index in [9.17, 15) is 14.7 Å². The topological polar surface area (TPSA) is 105 Å². The van der Waals surface area contributed by atoms with Gasteiger partial charge in [0.2, 0.25) is 0 Å². The number of hydrogen-bond donors (Lipinski definition) is 3. The first kappa shape index (κ1) is 15.7. The molecule has 7 nitrogen and oxygen atoms in total. The molecule has 0 aromatic carbocycles. The Balaban J connectivity index is 2.46. The summed E-state index contributed by atoms with van der Waals surface area (Å²) in [7, 11) is 0. The predicted octanol–water partition coefficient (Wildman–Crippen LogP) is -0.286. The molecule has 8 heteroatoms. The normalized spacial score (nSPS) is 30.1. The van der Waals surface area contributed by atoms with Crippen LogP contribution in [0.5, 0.6) is 0 Å². The number of hydrogen-bond acceptors (Lipinski definition) is 5. The van der Waals surface area contributed by atoms with E-state index in [-0.39, 0.29) is 12.5 Å². The molecule has 1 aromatic rings. The van der Waals surface area contributed by atoms with Gasteiger partial charge in [-0.2, -0.15) is 0 Å². The average molecular weight is 396 g/mol. The maximum atomic E-state index is 11.9. The van der Waals surface area contributed by atoms with E-state index in [1.165, 1.54) is 10.8 Å². The minimum absolute atomic E-state index is 0.0433. The first-order valence-electron chi connectivity index (χ1n) is 6.30. The first-order chi connectivity index (χ1) is 9.36. The molecule has 3 N–H and O–H groups in total. The number of ether oxygens (including phenoxy) is 1. The van der Waals surface area contributed by atoms with Crippen molar-refractivity contribution in [2.75, 3.05) is 6.61 Å². The molecule has 0 unspecified atom stereocenters. The number of alkyl halides is 1. The summed E-state index contributed by atoms with van der Waals surface area (Å²) in [6.45, 7) is 3.37. The fourth-order valence-electron chi connectivity index (χ4n) is 2.18. The number of nitrogens with zero attached hydrogens (tertiary/aromatic N) is 1. The van der Waals surface area contributed by atoms with E-state index in [0.717, 1.165) is 0 Å². The Hall–Kier alpha value is -0.710. The van der Waals surface area contributed by atoms with Crippen LogP contribution in [-0.4, -0.2) is 42.5 Å². The Bertz CT molecular complexity index is 596. The second-order valence-electron chi connectivity index (χ2n) is 5.09. The Morgan fingerprint density at radius 2 is 2.15 bits per heavy atom. The third-order valence-electron chi connectivity index (χ3n) is 3.37. The van der Waals surface area contributed by atoms with Crippen molar-refractivity contribution in [3.63, 3.8) is 0 Å². The van der Waals surface area contributed by atoms with Crippen molar-refractivity contribution in [1.29, 1.82) is 0 Å². The number of aromatic amines is 1. The lowest BCUT2D eigenvalue weighted by atomic mass is 10.1. The number of nitrogens with one attached hydrogen (secondary N) is 1. The SMILES string of the molecule is CC(C)c1cn([C@@H]2O[C@H](CO)[C@@H](O)[C@H]2I)c(=O)[nH]c1=O. The van der Waals surface area contributed by atoms with Crippen LogP contribution >= 0.6 is 22.6 Å². The summed E-state index contributed by atoms with van der Waals surface area (Å²) in [5.74, 6) is -0.0433. The zero-order valence-corrected chi connectivity index (χ0v) is 13.3. The number of aliphatic hydroxyl groups excluding tert-OH is 2. The lowest BCUT2D eigenvalue weighted by Crippen LogP contribution is -2.37. The van der Waals surface area contributed by atoms with Crippen molar-refractivity contribution < 1.29 is 14.9 Å². The third-order valence-corrected chi connectivity index (χ3v) is 4.72. The van der Waals surface area contributed by atoms with E-state index >= 15 is 0 Å². The lowest BCUT2D eigenvalue weighted by Gasteiger charge is -2.18. The van der Waals surface area contributed by atoms with Crippen molar-refractivity contribution in [3.8, 4) is 0 Å². The zero-order chi connectivity index (χ0) is 15.0. The highest BCUT2D eigenvalue weighted by atomic mass is 127. The highest BCUT2D eigenvalue weighted by Gasteiger charge is 2.43. The van der Waals surface area contributed by atoms with Crippen LogP contribution in [0.3, 0.4) is 0 Å². The van der Waals surface area contributed by atoms with Crippen LogP contribution < -0.4 is 11.2 Å². The molecule has 20 heavy (non-hydrogen) atoms. The van der Waals surface area contributed by atoms with Crippen LogP contribution in [0.4, 0.5) is 0 Å². The smallest absolute Gasteiger partial charge is 0.330 e. The Kier molecular flexibility index (Phi) is 4.67. The number of halogens is 1. The van der Waals surface area contributed by atoms with Crippen LogP contribution in [0.2, 0.25) is 0 Å². The molecule has 1 aliphatic heterocycles. The quantitative estimate of drug-likeness (QED) is 0.482. The molecule has 0 saturated carbocycles. The Morgan fingerprint density at radius 1 is 1.50 bits per heavy atom. The predicted molar refractivity (Wildman–Crippen MR) is 80.2 cm³/mol. The van der Waals surface area contributed by atoms with E-state index < -0.39 is 33.6 Å². The van der Waals surface area contributed by atoms with Gasteiger partial charge in [-0.3, -0.25) is 14.3 Å². The molecule has 1 saturated heterocycles. The summed E-state index contributed by atoms with van der Waals surface area (Å²) in [5.41, 5.74) is -0.529. The van der Waals surface area contributed by atoms with Crippen LogP contribution in [0.25, 0.3) is 0 Å². The molecule has 4 atom stereocenters. The van der Waals surface area contributed by atoms with Gasteiger partial charge < -0.3 is 14.9 Å². The number of aromatic nitrogens is 2. The summed E-state index contributed by atoms with van der Waals surface area (Å²) in [6.07, 6.45) is -0.853. The van der Waals surface area contributed by atoms with Gasteiger partial charge in [-0.1, -0.05) is 36.4 Å². The van der Waals surface area contributed by atoms with Crippen LogP contribution in [0.1, 0.15) is 31.6 Å². The molecule has 0 amide bonds. The van der Waals surface area contributed by atoms with Gasteiger partial charge in [0.15, 0.2) is 6.23 Å². The van der Waals surface area contributed by atoms with E-state index in [4.69, 9.17) is 9.84 Å². The van der Waals surface area contributed by atoms with E-state index in [2.05, 4.69) is 4.98 Å². The fraction of sp³-hybridized carbons (Fsp3) is 0.667. The van der Waals surface area contributed by atoms with E-state index in [0.29, 0.717) is 5.56 Å². The maximum absolute atomic E-state index is 11.9. The molecular formula is C12H17IN2O5. The molecule has 1 fully saturated rings. The van der Waals surface area contributed by atoms with E-state index in [1.54, 1.807) is 0 Å². The standard InChI is InChI=1S/C12H17IN2O5/c1-5(2)6-3-15(12(19)14-10(6)18)11-8(13)9(17)7(4-16)20-11/h3,5,7-9,11,16-17H,4H2,1-2H3,(H,14,18,19)/t7-,8-,9-,11-/m1/s1. The van der Waals surface area contributed by atoms with Crippen molar-refractivity contribution >= 4 is 22.6 Å². The van der Waals surface area contributed by atoms with Gasteiger partial charge in [-0.25, -0.2) is 4.79 Å². The van der Waals surface area contributed by atoms with Gasteiger partial charge in [-0.15, -0.1) is 0 Å². The monoisotopic (exact) mass is 396 g/mol. The van der Waals surface area contributed by atoms with Crippen molar-refractivity contribution in [1.82, 2.24) is 9.55 Å². The number of H-pyrrole nitrogens is 1. The average Bonchev–Trinajstić information content (AvgIpc) is 2.66. The molecule has 2 heterocycles. The van der Waals surface area contributed by atoms with Crippen molar-refractivity contribution in [2.45, 2.75) is 42.1 Å². The third kappa shape index (κ3) is 2.69. The van der Waals surface area contributed by atoms with Crippen LogP contribution in [0.15, 0.2) is 15.8 Å². The van der Waals surface area contributed by atoms with Crippen molar-refractivity contribution in [3.05, 3.63) is 32.6 Å². The molecule has 1 aliphatic rings. The van der Waals surface area contributed by atoms with Crippen molar-refractivity contribution in [2.24, 2.45) is 0 Å². The minimum atomic E-state index is -0.869. The van der Waals surface area contributed by atoms with Gasteiger partial charge in [0.1, 0.15) is 6.10 Å². The molecular weight excluding hydrogens is 379 g/mol. The highest BCUT2D eigenvalue weighted by molar-refractivity contribution is 14.1. The second-order valence-corrected chi connectivity index (χ2v) is 6.53. The molecule has 0 spiro atoms. The summed E-state index contributed by atoms with van der Waals surface area (Å²) >= 11 is 1.98. The Labute approximate surface area is 128 Å². The Morgan fingerprint density at radius 3 is 2.65 bits per heavy atom. The van der Waals surface area contributed by atoms with Gasteiger partial charge in [-0.05, 0) is 5.92 Å². The van der Waals surface area contributed by atoms with Gasteiger partial charge in [0, 0.05) is 11.8 Å². The highest BCUT2D eigenvalue weighted by Crippen LogP contribution is 2.34. The molecule has 1 aromatic heterocycles. The van der Waals surface area contributed by atoms with E-state index in [1.807, 2.05) is 36.4 Å². The molecule has 2 rings (SSSR count). The molecule has 0 radical (unpaired) electrons. The minimum Gasteiger partial charge on any atom is -0.394 e. The molecule has 112 valence electrons. The number of aliphatic hydroxyl groups is 2. The summed E-state index contributed by atoms with van der Waals surface area (Å²) < 4.78 is 6.39. The first-order valence-corrected chi connectivity index (χ1v) is 7.55. The van der Waals surface area contributed by atoms with Gasteiger partial charge in [0.05, 0.1) is 16.6 Å². The summed E-state index contributed by atoms with van der Waals surface area (Å²) in [4.78, 5) is 25.9. The summed E-state index contributed by atoms with van der Waals surface area (Å²) in [6, 6.07) is 0. The lowest BCUT2D eigenvalue weighted by molar-refractivity contribution is -0.0456.